The molecular weight excluding hydrogens is 619 g/mol. The Labute approximate surface area is 239 Å². The normalized spacial score (nSPS) is 11.3. The summed E-state index contributed by atoms with van der Waals surface area (Å²) in [4.78, 5) is 25.3. The molecule has 0 spiro atoms. The van der Waals surface area contributed by atoms with Gasteiger partial charge in [-0.05, 0) is 61.0 Å². The monoisotopic (exact) mass is 637 g/mol. The van der Waals surface area contributed by atoms with Gasteiger partial charge >= 0.3 is 6.18 Å². The number of hydrogen-bond acceptors (Lipinski definition) is 5. The van der Waals surface area contributed by atoms with Gasteiger partial charge in [-0.3, -0.25) is 14.2 Å². The summed E-state index contributed by atoms with van der Waals surface area (Å²) >= 11 is 10.4. The minimum Gasteiger partial charge on any atom is -0.345 e. The average Bonchev–Trinajstić information content (AvgIpc) is 3.30. The number of hydrogen-bond donors (Lipinski definition) is 2. The van der Waals surface area contributed by atoms with E-state index in [9.17, 15) is 22.8 Å². The molecule has 0 bridgehead atoms. The molecule has 3 aromatic carbocycles. The number of benzene rings is 3. The maximum Gasteiger partial charge on any atom is 0.416 e. The highest BCUT2D eigenvalue weighted by molar-refractivity contribution is 9.10. The lowest BCUT2D eigenvalue weighted by molar-refractivity contribution is -0.137. The van der Waals surface area contributed by atoms with Crippen LogP contribution in [0.25, 0.3) is 5.69 Å². The van der Waals surface area contributed by atoms with Gasteiger partial charge in [-0.25, -0.2) is 0 Å². The third-order valence-corrected chi connectivity index (χ3v) is 7.10. The van der Waals surface area contributed by atoms with Crippen LogP contribution in [0.4, 0.5) is 18.9 Å². The smallest absolute Gasteiger partial charge is 0.345 e. The summed E-state index contributed by atoms with van der Waals surface area (Å²) in [6.07, 6.45) is -4.57. The van der Waals surface area contributed by atoms with Crippen LogP contribution < -0.4 is 10.6 Å². The maximum absolute atomic E-state index is 13.4. The van der Waals surface area contributed by atoms with Crippen LogP contribution in [0.2, 0.25) is 5.02 Å². The quantitative estimate of drug-likeness (QED) is 0.211. The van der Waals surface area contributed by atoms with E-state index in [-0.39, 0.29) is 45.5 Å². The summed E-state index contributed by atoms with van der Waals surface area (Å²) in [5, 5.41) is 14.0. The number of halogens is 5. The number of thioether (sulfide) groups is 1. The van der Waals surface area contributed by atoms with Crippen LogP contribution in [-0.4, -0.2) is 32.3 Å². The second-order valence-electron chi connectivity index (χ2n) is 8.30. The molecule has 0 aliphatic carbocycles. The lowest BCUT2D eigenvalue weighted by Crippen LogP contribution is -2.25. The van der Waals surface area contributed by atoms with E-state index in [1.807, 2.05) is 25.1 Å². The number of alkyl halides is 3. The first kappa shape index (κ1) is 28.7. The van der Waals surface area contributed by atoms with Crippen molar-refractivity contribution in [2.75, 3.05) is 11.1 Å². The van der Waals surface area contributed by atoms with Gasteiger partial charge in [0.2, 0.25) is 5.91 Å². The molecule has 39 heavy (non-hydrogen) atoms. The van der Waals surface area contributed by atoms with Gasteiger partial charge in [0.05, 0.1) is 34.1 Å². The van der Waals surface area contributed by atoms with Gasteiger partial charge < -0.3 is 10.6 Å². The van der Waals surface area contributed by atoms with Gasteiger partial charge in [-0.1, -0.05) is 57.5 Å². The van der Waals surface area contributed by atoms with Crippen molar-refractivity contribution < 1.29 is 22.8 Å². The molecule has 0 radical (unpaired) electrons. The Hall–Kier alpha value is -3.35. The zero-order chi connectivity index (χ0) is 28.2. The number of aromatic nitrogens is 3. The second-order valence-corrected chi connectivity index (χ2v) is 10.6. The molecule has 0 aliphatic rings. The lowest BCUT2D eigenvalue weighted by Gasteiger charge is -2.14. The fourth-order valence-electron chi connectivity index (χ4n) is 3.57. The van der Waals surface area contributed by atoms with Crippen molar-refractivity contribution in [1.82, 2.24) is 20.1 Å². The molecule has 0 atom stereocenters. The van der Waals surface area contributed by atoms with Crippen molar-refractivity contribution in [1.29, 1.82) is 0 Å². The number of carbonyl (C=O) groups is 2. The fraction of sp³-hybridized carbons (Fsp3) is 0.154. The van der Waals surface area contributed by atoms with E-state index in [0.29, 0.717) is 10.2 Å². The predicted molar refractivity (Wildman–Crippen MR) is 147 cm³/mol. The van der Waals surface area contributed by atoms with Crippen molar-refractivity contribution in [2.45, 2.75) is 24.8 Å². The van der Waals surface area contributed by atoms with Gasteiger partial charge in [-0.15, -0.1) is 10.2 Å². The number of nitrogens with one attached hydrogen (secondary N) is 2. The maximum atomic E-state index is 13.4. The Morgan fingerprint density at radius 1 is 1.05 bits per heavy atom. The van der Waals surface area contributed by atoms with Crippen LogP contribution in [0, 0.1) is 6.92 Å². The Balaban J connectivity index is 1.59. The molecule has 1 aromatic heterocycles. The van der Waals surface area contributed by atoms with E-state index in [1.54, 1.807) is 24.3 Å². The van der Waals surface area contributed by atoms with E-state index in [1.165, 1.54) is 16.7 Å². The Bertz CT molecular complexity index is 1530. The van der Waals surface area contributed by atoms with Gasteiger partial charge in [0.15, 0.2) is 11.0 Å². The van der Waals surface area contributed by atoms with E-state index >= 15 is 0 Å². The van der Waals surface area contributed by atoms with E-state index in [4.69, 9.17) is 11.6 Å². The standard InChI is InChI=1S/C26H20BrClF3N5O2S/c1-15-4-2-6-18(10-15)33-23(37)14-39-25-35-34-22(13-32-24(38)20-12-17(27)8-9-21(20)28)36(25)19-7-3-5-16(11-19)26(29,30)31/h2-12H,13-14H2,1H3,(H,32,38)(H,33,37). The second kappa shape index (κ2) is 12.2. The van der Waals surface area contributed by atoms with Crippen LogP contribution in [0.3, 0.4) is 0 Å². The van der Waals surface area contributed by atoms with Gasteiger partial charge in [0.25, 0.3) is 5.91 Å². The molecule has 0 fully saturated rings. The molecule has 2 amide bonds. The minimum atomic E-state index is -4.57. The minimum absolute atomic E-state index is 0.0783. The van der Waals surface area contributed by atoms with E-state index in [2.05, 4.69) is 36.8 Å². The SMILES string of the molecule is Cc1cccc(NC(=O)CSc2nnc(CNC(=O)c3cc(Br)ccc3Cl)n2-c2cccc(C(F)(F)F)c2)c1. The summed E-state index contributed by atoms with van der Waals surface area (Å²) in [5.41, 5.74) is 1.06. The molecule has 0 unspecified atom stereocenters. The van der Waals surface area contributed by atoms with Gasteiger partial charge in [0, 0.05) is 10.2 Å². The summed E-state index contributed by atoms with van der Waals surface area (Å²) in [7, 11) is 0. The van der Waals surface area contributed by atoms with Crippen LogP contribution >= 0.6 is 39.3 Å². The highest BCUT2D eigenvalue weighted by atomic mass is 79.9. The molecule has 0 saturated carbocycles. The van der Waals surface area contributed by atoms with Crippen LogP contribution in [-0.2, 0) is 17.5 Å². The summed E-state index contributed by atoms with van der Waals surface area (Å²) in [5.74, 6) is -0.754. The first-order chi connectivity index (χ1) is 18.5. The van der Waals surface area contributed by atoms with Crippen molar-refractivity contribution in [2.24, 2.45) is 0 Å². The van der Waals surface area contributed by atoms with Crippen molar-refractivity contribution in [3.8, 4) is 5.69 Å². The lowest BCUT2D eigenvalue weighted by atomic mass is 10.2. The first-order valence-corrected chi connectivity index (χ1v) is 13.5. The van der Waals surface area contributed by atoms with Gasteiger partial charge in [0.1, 0.15) is 0 Å². The Kier molecular flexibility index (Phi) is 8.98. The summed E-state index contributed by atoms with van der Waals surface area (Å²) in [6.45, 7) is 1.73. The van der Waals surface area contributed by atoms with Gasteiger partial charge in [-0.2, -0.15) is 13.2 Å². The van der Waals surface area contributed by atoms with Crippen LogP contribution in [0.1, 0.15) is 27.3 Å². The number of aryl methyl sites for hydroxylation is 1. The van der Waals surface area contributed by atoms with Crippen LogP contribution in [0.5, 0.6) is 0 Å². The summed E-state index contributed by atoms with van der Waals surface area (Å²) in [6, 6.07) is 16.7. The molecule has 13 heteroatoms. The molecule has 2 N–H and O–H groups in total. The molecule has 202 valence electrons. The number of carbonyl (C=O) groups excluding carboxylic acids is 2. The summed E-state index contributed by atoms with van der Waals surface area (Å²) < 4.78 is 42.3. The van der Waals surface area contributed by atoms with Crippen molar-refractivity contribution >= 4 is 56.8 Å². The molecule has 4 aromatic rings. The van der Waals surface area contributed by atoms with Crippen molar-refractivity contribution in [3.63, 3.8) is 0 Å². The van der Waals surface area contributed by atoms with Crippen LogP contribution in [0.15, 0.2) is 76.4 Å². The Morgan fingerprint density at radius 3 is 2.56 bits per heavy atom. The molecule has 0 aliphatic heterocycles. The fourth-order valence-corrected chi connectivity index (χ4v) is 4.90. The number of anilines is 1. The number of nitrogens with zero attached hydrogens (tertiary/aromatic N) is 3. The molecule has 0 saturated heterocycles. The average molecular weight is 639 g/mol. The third-order valence-electron chi connectivity index (χ3n) is 5.35. The zero-order valence-corrected chi connectivity index (χ0v) is 23.4. The van der Waals surface area contributed by atoms with E-state index in [0.717, 1.165) is 29.5 Å². The largest absolute Gasteiger partial charge is 0.416 e. The molecule has 7 nitrogen and oxygen atoms in total. The zero-order valence-electron chi connectivity index (χ0n) is 20.2. The molecule has 4 rings (SSSR count). The third kappa shape index (κ3) is 7.40. The predicted octanol–water partition coefficient (Wildman–Crippen LogP) is 6.67. The first-order valence-electron chi connectivity index (χ1n) is 11.4. The topological polar surface area (TPSA) is 88.9 Å². The van der Waals surface area contributed by atoms with Crippen molar-refractivity contribution in [3.05, 3.63) is 98.7 Å². The number of rotatable bonds is 8. The molecule has 1 heterocycles. The highest BCUT2D eigenvalue weighted by Gasteiger charge is 2.31. The molecular formula is C26H20BrClF3N5O2S. The van der Waals surface area contributed by atoms with E-state index < -0.39 is 17.6 Å². The number of amides is 2. The highest BCUT2D eigenvalue weighted by Crippen LogP contribution is 2.32. The Morgan fingerprint density at radius 2 is 1.82 bits per heavy atom.